The van der Waals surface area contributed by atoms with Crippen molar-refractivity contribution in [2.45, 2.75) is 12.8 Å². The van der Waals surface area contributed by atoms with Crippen LogP contribution < -0.4 is 0 Å². The summed E-state index contributed by atoms with van der Waals surface area (Å²) in [4.78, 5) is 27.2. The van der Waals surface area contributed by atoms with Gasteiger partial charge in [0.05, 0.1) is 23.6 Å². The fourth-order valence-corrected chi connectivity index (χ4v) is 4.33. The molecule has 0 unspecified atom stereocenters. The molecular formula is C23H23N3O3S. The maximum absolute atomic E-state index is 12.7. The van der Waals surface area contributed by atoms with E-state index in [2.05, 4.69) is 0 Å². The molecule has 2 aromatic heterocycles. The number of nitrogens with zero attached hydrogens (tertiary/aromatic N) is 3. The molecule has 154 valence electrons. The first-order valence-corrected chi connectivity index (χ1v) is 10.8. The molecule has 0 spiro atoms. The number of thiophene rings is 1. The molecule has 0 bridgehead atoms. The Balaban J connectivity index is 1.52. The van der Waals surface area contributed by atoms with Gasteiger partial charge in [-0.15, -0.1) is 11.3 Å². The third-order valence-corrected chi connectivity index (χ3v) is 6.14. The average Bonchev–Trinajstić information content (AvgIpc) is 3.47. The summed E-state index contributed by atoms with van der Waals surface area (Å²) < 4.78 is 6.65. The lowest BCUT2D eigenvalue weighted by Crippen LogP contribution is -2.39. The van der Waals surface area contributed by atoms with Gasteiger partial charge in [-0.25, -0.2) is 4.68 Å². The molecule has 1 aliphatic rings. The molecule has 3 aromatic rings. The average molecular weight is 422 g/mol. The van der Waals surface area contributed by atoms with Gasteiger partial charge in [-0.1, -0.05) is 24.3 Å². The van der Waals surface area contributed by atoms with Crippen LogP contribution in [-0.4, -0.2) is 46.8 Å². The molecule has 0 N–H and O–H groups in total. The third kappa shape index (κ3) is 4.36. The Hall–Kier alpha value is -3.19. The zero-order valence-electron chi connectivity index (χ0n) is 16.7. The summed E-state index contributed by atoms with van der Waals surface area (Å²) in [5, 5.41) is 6.77. The molecule has 1 fully saturated rings. The van der Waals surface area contributed by atoms with Crippen LogP contribution in [0.15, 0.2) is 60.1 Å². The van der Waals surface area contributed by atoms with E-state index < -0.39 is 0 Å². The highest BCUT2D eigenvalue weighted by Gasteiger charge is 2.27. The molecule has 7 heteroatoms. The van der Waals surface area contributed by atoms with Gasteiger partial charge in [0, 0.05) is 30.9 Å². The standard InChI is InChI=1S/C23H23N3O3S/c1-29-23(28)17-11-13-25(14-12-17)21(27)10-9-18-16-26(19-6-3-2-4-7-19)24-22(18)20-8-5-15-30-20/h2-10,15-17H,11-14H2,1H3/b10-9+. The van der Waals surface area contributed by atoms with Gasteiger partial charge < -0.3 is 9.64 Å². The van der Waals surface area contributed by atoms with Crippen LogP contribution in [0, 0.1) is 5.92 Å². The van der Waals surface area contributed by atoms with Crippen LogP contribution in [0.1, 0.15) is 18.4 Å². The number of carbonyl (C=O) groups excluding carboxylic acids is 2. The fraction of sp³-hybridized carbons (Fsp3) is 0.261. The van der Waals surface area contributed by atoms with Crippen LogP contribution in [0.5, 0.6) is 0 Å². The molecule has 0 aliphatic carbocycles. The number of benzene rings is 1. The number of piperidine rings is 1. The monoisotopic (exact) mass is 421 g/mol. The van der Waals surface area contributed by atoms with E-state index in [0.717, 1.165) is 21.8 Å². The molecule has 6 nitrogen and oxygen atoms in total. The number of carbonyl (C=O) groups is 2. The van der Waals surface area contributed by atoms with E-state index in [0.29, 0.717) is 25.9 Å². The minimum absolute atomic E-state index is 0.0529. The van der Waals surface area contributed by atoms with E-state index in [1.807, 2.05) is 64.8 Å². The molecule has 30 heavy (non-hydrogen) atoms. The number of para-hydroxylation sites is 1. The Morgan fingerprint density at radius 2 is 1.90 bits per heavy atom. The summed E-state index contributed by atoms with van der Waals surface area (Å²) in [6.45, 7) is 1.12. The summed E-state index contributed by atoms with van der Waals surface area (Å²) in [6.07, 6.45) is 6.65. The molecule has 1 amide bonds. The Labute approximate surface area is 179 Å². The first-order chi connectivity index (χ1) is 14.7. The SMILES string of the molecule is COC(=O)C1CCN(C(=O)/C=C/c2cn(-c3ccccc3)nc2-c2cccs2)CC1. The van der Waals surface area contributed by atoms with Crippen LogP contribution >= 0.6 is 11.3 Å². The second-order valence-electron chi connectivity index (χ2n) is 7.15. The summed E-state index contributed by atoms with van der Waals surface area (Å²) in [6, 6.07) is 13.9. The van der Waals surface area contributed by atoms with Gasteiger partial charge in [0.25, 0.3) is 0 Å². The fourth-order valence-electron chi connectivity index (χ4n) is 3.60. The summed E-state index contributed by atoms with van der Waals surface area (Å²) in [5.41, 5.74) is 2.70. The van der Waals surface area contributed by atoms with E-state index in [1.54, 1.807) is 22.3 Å². The summed E-state index contributed by atoms with van der Waals surface area (Å²) >= 11 is 1.62. The number of hydrogen-bond donors (Lipinski definition) is 0. The second kappa shape index (κ2) is 9.09. The zero-order chi connectivity index (χ0) is 20.9. The van der Waals surface area contributed by atoms with Crippen molar-refractivity contribution in [3.05, 3.63) is 65.7 Å². The van der Waals surface area contributed by atoms with Gasteiger partial charge in [0.1, 0.15) is 5.69 Å². The smallest absolute Gasteiger partial charge is 0.308 e. The number of aromatic nitrogens is 2. The normalized spacial score (nSPS) is 14.9. The largest absolute Gasteiger partial charge is 0.469 e. The third-order valence-electron chi connectivity index (χ3n) is 5.26. The summed E-state index contributed by atoms with van der Waals surface area (Å²) in [7, 11) is 1.41. The van der Waals surface area contributed by atoms with Crippen LogP contribution in [0.2, 0.25) is 0 Å². The van der Waals surface area contributed by atoms with Crippen LogP contribution in [0.4, 0.5) is 0 Å². The van der Waals surface area contributed by atoms with Gasteiger partial charge >= 0.3 is 5.97 Å². The van der Waals surface area contributed by atoms with Gasteiger partial charge in [0.2, 0.25) is 5.91 Å². The second-order valence-corrected chi connectivity index (χ2v) is 8.09. The molecular weight excluding hydrogens is 398 g/mol. The lowest BCUT2D eigenvalue weighted by molar-refractivity contribution is -0.148. The Kier molecular flexibility index (Phi) is 6.09. The number of likely N-dealkylation sites (tertiary alicyclic amines) is 1. The van der Waals surface area contributed by atoms with Crippen molar-refractivity contribution in [3.63, 3.8) is 0 Å². The number of rotatable bonds is 5. The molecule has 4 rings (SSSR count). The van der Waals surface area contributed by atoms with E-state index in [4.69, 9.17) is 9.84 Å². The van der Waals surface area contributed by atoms with Crippen molar-refractivity contribution in [1.82, 2.24) is 14.7 Å². The minimum Gasteiger partial charge on any atom is -0.469 e. The van der Waals surface area contributed by atoms with Gasteiger partial charge in [-0.05, 0) is 42.5 Å². The quantitative estimate of drug-likeness (QED) is 0.461. The van der Waals surface area contributed by atoms with Crippen molar-refractivity contribution in [2.75, 3.05) is 20.2 Å². The number of ether oxygens (including phenoxy) is 1. The van der Waals surface area contributed by atoms with E-state index in [1.165, 1.54) is 7.11 Å². The molecule has 0 saturated carbocycles. The summed E-state index contributed by atoms with van der Waals surface area (Å²) in [5.74, 6) is -0.355. The topological polar surface area (TPSA) is 64.4 Å². The highest BCUT2D eigenvalue weighted by atomic mass is 32.1. The van der Waals surface area contributed by atoms with Gasteiger partial charge in [-0.3, -0.25) is 9.59 Å². The number of amides is 1. The first-order valence-electron chi connectivity index (χ1n) is 9.89. The first kappa shape index (κ1) is 20.1. The maximum Gasteiger partial charge on any atom is 0.308 e. The van der Waals surface area contributed by atoms with E-state index in [9.17, 15) is 9.59 Å². The maximum atomic E-state index is 12.7. The van der Waals surface area contributed by atoms with Gasteiger partial charge in [0.15, 0.2) is 0 Å². The van der Waals surface area contributed by atoms with Crippen molar-refractivity contribution in [3.8, 4) is 16.3 Å². The van der Waals surface area contributed by atoms with Crippen LogP contribution in [-0.2, 0) is 14.3 Å². The number of hydrogen-bond acceptors (Lipinski definition) is 5. The highest BCUT2D eigenvalue weighted by Crippen LogP contribution is 2.29. The lowest BCUT2D eigenvalue weighted by atomic mass is 9.97. The predicted molar refractivity (Wildman–Crippen MR) is 117 cm³/mol. The molecule has 1 aliphatic heterocycles. The van der Waals surface area contributed by atoms with Crippen molar-refractivity contribution in [1.29, 1.82) is 0 Å². The van der Waals surface area contributed by atoms with Crippen molar-refractivity contribution in [2.24, 2.45) is 5.92 Å². The Morgan fingerprint density at radius 1 is 1.13 bits per heavy atom. The molecule has 0 radical (unpaired) electrons. The van der Waals surface area contributed by atoms with Crippen molar-refractivity contribution >= 4 is 29.3 Å². The molecule has 1 saturated heterocycles. The zero-order valence-corrected chi connectivity index (χ0v) is 17.5. The van der Waals surface area contributed by atoms with Crippen molar-refractivity contribution < 1.29 is 14.3 Å². The number of esters is 1. The molecule has 0 atom stereocenters. The molecule has 1 aromatic carbocycles. The van der Waals surface area contributed by atoms with Gasteiger partial charge in [-0.2, -0.15) is 5.10 Å². The minimum atomic E-state index is -0.188. The van der Waals surface area contributed by atoms with Crippen LogP contribution in [0.3, 0.4) is 0 Å². The Morgan fingerprint density at radius 3 is 2.57 bits per heavy atom. The highest BCUT2D eigenvalue weighted by molar-refractivity contribution is 7.13. The Bertz CT molecular complexity index is 1030. The van der Waals surface area contributed by atoms with E-state index in [-0.39, 0.29) is 17.8 Å². The van der Waals surface area contributed by atoms with Crippen LogP contribution in [0.25, 0.3) is 22.3 Å². The molecule has 3 heterocycles. The van der Waals surface area contributed by atoms with E-state index >= 15 is 0 Å². The lowest BCUT2D eigenvalue weighted by Gasteiger charge is -2.29. The predicted octanol–water partition coefficient (Wildman–Crippen LogP) is 4.03. The number of methoxy groups -OCH3 is 1.